The molecule has 5 nitrogen and oxygen atoms in total. The van der Waals surface area contributed by atoms with Crippen LogP contribution in [-0.2, 0) is 11.2 Å². The van der Waals surface area contributed by atoms with Gasteiger partial charge in [-0.3, -0.25) is 4.79 Å². The molecule has 0 fully saturated rings. The third-order valence-corrected chi connectivity index (χ3v) is 5.52. The first-order chi connectivity index (χ1) is 16.9. The van der Waals surface area contributed by atoms with Crippen molar-refractivity contribution in [2.75, 3.05) is 0 Å². The van der Waals surface area contributed by atoms with E-state index >= 15 is 0 Å². The quantitative estimate of drug-likeness (QED) is 0.256. The van der Waals surface area contributed by atoms with Crippen LogP contribution in [0.5, 0.6) is 34.5 Å². The zero-order valence-corrected chi connectivity index (χ0v) is 20.2. The number of para-hydroxylation sites is 1. The van der Waals surface area contributed by atoms with Crippen LogP contribution < -0.4 is 14.2 Å². The summed E-state index contributed by atoms with van der Waals surface area (Å²) >= 11 is 6.20. The number of benzene rings is 4. The Balaban J connectivity index is 1.54. The third-order valence-electron chi connectivity index (χ3n) is 5.29. The van der Waals surface area contributed by atoms with Crippen LogP contribution in [0.3, 0.4) is 0 Å². The second kappa shape index (κ2) is 11.0. The maximum absolute atomic E-state index is 10.9. The van der Waals surface area contributed by atoms with E-state index in [4.69, 9.17) is 30.9 Å². The average Bonchev–Trinajstić information content (AvgIpc) is 2.80. The zero-order valence-electron chi connectivity index (χ0n) is 19.5. The predicted molar refractivity (Wildman–Crippen MR) is 136 cm³/mol. The Kier molecular flexibility index (Phi) is 7.58. The first kappa shape index (κ1) is 24.2. The average molecular weight is 489 g/mol. The minimum atomic E-state index is -0.810. The van der Waals surface area contributed by atoms with Crippen LogP contribution in [0.1, 0.15) is 23.1 Å². The normalized spacial score (nSPS) is 10.6. The van der Waals surface area contributed by atoms with E-state index in [2.05, 4.69) is 0 Å². The van der Waals surface area contributed by atoms with Gasteiger partial charge in [-0.05, 0) is 85.5 Å². The maximum atomic E-state index is 10.9. The number of carbonyl (C=O) groups is 1. The molecule has 4 aromatic carbocycles. The molecule has 4 rings (SSSR count). The van der Waals surface area contributed by atoms with Gasteiger partial charge in [0.15, 0.2) is 11.5 Å². The second-order valence-corrected chi connectivity index (χ2v) is 8.61. The molecule has 0 aliphatic heterocycles. The molecule has 0 heterocycles. The van der Waals surface area contributed by atoms with Gasteiger partial charge in [-0.1, -0.05) is 35.9 Å². The number of aliphatic carboxylic acids is 1. The van der Waals surface area contributed by atoms with Gasteiger partial charge in [-0.15, -0.1) is 0 Å². The topological polar surface area (TPSA) is 65.0 Å². The fraction of sp³-hybridized carbons (Fsp3) is 0.138. The molecule has 0 saturated heterocycles. The molecule has 0 unspecified atom stereocenters. The molecule has 35 heavy (non-hydrogen) atoms. The molecule has 0 amide bonds. The molecule has 0 aromatic heterocycles. The van der Waals surface area contributed by atoms with Crippen LogP contribution in [-0.4, -0.2) is 11.1 Å². The number of rotatable bonds is 9. The van der Waals surface area contributed by atoms with Gasteiger partial charge in [0.2, 0.25) is 0 Å². The van der Waals surface area contributed by atoms with Crippen molar-refractivity contribution in [2.45, 2.75) is 26.7 Å². The molecular formula is C29H25ClO5. The summed E-state index contributed by atoms with van der Waals surface area (Å²) in [5, 5.41) is 9.47. The molecule has 178 valence electrons. The van der Waals surface area contributed by atoms with Crippen molar-refractivity contribution in [3.63, 3.8) is 0 Å². The molecule has 4 aromatic rings. The lowest BCUT2D eigenvalue weighted by Crippen LogP contribution is -1.99. The van der Waals surface area contributed by atoms with E-state index in [0.29, 0.717) is 45.9 Å². The number of hydrogen-bond donors (Lipinski definition) is 1. The van der Waals surface area contributed by atoms with E-state index < -0.39 is 5.97 Å². The summed E-state index contributed by atoms with van der Waals surface area (Å²) in [6.45, 7) is 3.91. The lowest BCUT2D eigenvalue weighted by atomic mass is 10.0. The predicted octanol–water partition coefficient (Wildman–Crippen LogP) is 8.35. The summed E-state index contributed by atoms with van der Waals surface area (Å²) < 4.78 is 18.3. The Morgan fingerprint density at radius 3 is 2.17 bits per heavy atom. The Hall–Kier alpha value is -3.96. The number of carboxylic acids is 1. The number of hydrogen-bond acceptors (Lipinski definition) is 4. The molecule has 6 heteroatoms. The van der Waals surface area contributed by atoms with Gasteiger partial charge in [0, 0.05) is 23.6 Å². The molecular weight excluding hydrogens is 464 g/mol. The monoisotopic (exact) mass is 488 g/mol. The van der Waals surface area contributed by atoms with Crippen molar-refractivity contribution in [1.29, 1.82) is 0 Å². The molecule has 1 N–H and O–H groups in total. The van der Waals surface area contributed by atoms with E-state index in [-0.39, 0.29) is 6.42 Å². The molecule has 0 bridgehead atoms. The Bertz CT molecular complexity index is 1330. The van der Waals surface area contributed by atoms with E-state index in [1.54, 1.807) is 18.2 Å². The zero-order chi connectivity index (χ0) is 24.8. The summed E-state index contributed by atoms with van der Waals surface area (Å²) in [6, 6.07) is 25.9. The van der Waals surface area contributed by atoms with E-state index in [1.165, 1.54) is 0 Å². The highest BCUT2D eigenvalue weighted by Gasteiger charge is 2.11. The van der Waals surface area contributed by atoms with E-state index in [1.807, 2.05) is 80.6 Å². The second-order valence-electron chi connectivity index (χ2n) is 8.17. The fourth-order valence-electron chi connectivity index (χ4n) is 3.61. The van der Waals surface area contributed by atoms with Gasteiger partial charge >= 0.3 is 5.97 Å². The summed E-state index contributed by atoms with van der Waals surface area (Å²) in [5.41, 5.74) is 2.94. The summed E-state index contributed by atoms with van der Waals surface area (Å²) in [5.74, 6) is 2.77. The van der Waals surface area contributed by atoms with Crippen molar-refractivity contribution < 1.29 is 24.1 Å². The lowest BCUT2D eigenvalue weighted by molar-refractivity contribution is -0.136. The van der Waals surface area contributed by atoms with Crippen LogP contribution in [0.2, 0.25) is 5.02 Å². The highest BCUT2D eigenvalue weighted by Crippen LogP contribution is 2.38. The third kappa shape index (κ3) is 6.78. The molecule has 0 radical (unpaired) electrons. The minimum Gasteiger partial charge on any atom is -0.481 e. The van der Waals surface area contributed by atoms with Crippen molar-refractivity contribution in [2.24, 2.45) is 0 Å². The summed E-state index contributed by atoms with van der Waals surface area (Å²) in [4.78, 5) is 10.9. The van der Waals surface area contributed by atoms with Gasteiger partial charge in [0.05, 0.1) is 0 Å². The smallest absolute Gasteiger partial charge is 0.303 e. The SMILES string of the molecule is Cc1cc(Oc2ccc(CCC(=O)O)c(C)c2)cc(Oc2ccc(Cl)cc2Oc2ccccc2)c1. The van der Waals surface area contributed by atoms with E-state index in [9.17, 15) is 4.79 Å². The van der Waals surface area contributed by atoms with Crippen LogP contribution in [0.25, 0.3) is 0 Å². The van der Waals surface area contributed by atoms with Gasteiger partial charge in [0.1, 0.15) is 23.0 Å². The number of ether oxygens (including phenoxy) is 3. The first-order valence-corrected chi connectivity index (χ1v) is 11.5. The maximum Gasteiger partial charge on any atom is 0.303 e. The van der Waals surface area contributed by atoms with Crippen molar-refractivity contribution in [3.8, 4) is 34.5 Å². The van der Waals surface area contributed by atoms with Gasteiger partial charge in [-0.2, -0.15) is 0 Å². The summed E-state index contributed by atoms with van der Waals surface area (Å²) in [7, 11) is 0. The molecule has 0 atom stereocenters. The van der Waals surface area contributed by atoms with Crippen LogP contribution in [0.4, 0.5) is 0 Å². The number of halogens is 1. The Morgan fingerprint density at radius 1 is 0.743 bits per heavy atom. The van der Waals surface area contributed by atoms with Gasteiger partial charge in [-0.25, -0.2) is 0 Å². The summed E-state index contributed by atoms with van der Waals surface area (Å²) in [6.07, 6.45) is 0.582. The highest BCUT2D eigenvalue weighted by molar-refractivity contribution is 6.30. The van der Waals surface area contributed by atoms with Gasteiger partial charge in [0.25, 0.3) is 0 Å². The van der Waals surface area contributed by atoms with Crippen LogP contribution in [0, 0.1) is 13.8 Å². The van der Waals surface area contributed by atoms with Crippen molar-refractivity contribution in [1.82, 2.24) is 0 Å². The molecule has 0 spiro atoms. The van der Waals surface area contributed by atoms with E-state index in [0.717, 1.165) is 16.7 Å². The fourth-order valence-corrected chi connectivity index (χ4v) is 3.77. The van der Waals surface area contributed by atoms with Gasteiger partial charge < -0.3 is 19.3 Å². The van der Waals surface area contributed by atoms with Crippen LogP contribution in [0.15, 0.2) is 84.9 Å². The first-order valence-electron chi connectivity index (χ1n) is 11.2. The minimum absolute atomic E-state index is 0.0975. The standard InChI is InChI=1S/C29H25ClO5/c1-19-14-25(33-24-11-8-21(20(2)16-24)9-13-29(31)32)18-26(15-19)35-27-12-10-22(30)17-28(27)34-23-6-4-3-5-7-23/h3-8,10-12,14-18H,9,13H2,1-2H3,(H,31,32). The Morgan fingerprint density at radius 2 is 1.46 bits per heavy atom. The largest absolute Gasteiger partial charge is 0.481 e. The number of aryl methyl sites for hydroxylation is 3. The molecule has 0 aliphatic carbocycles. The molecule has 0 saturated carbocycles. The highest BCUT2D eigenvalue weighted by atomic mass is 35.5. The lowest BCUT2D eigenvalue weighted by Gasteiger charge is -2.15. The van der Waals surface area contributed by atoms with Crippen LogP contribution >= 0.6 is 11.6 Å². The number of carboxylic acid groups (broad SMARTS) is 1. The Labute approximate surface area is 209 Å². The molecule has 0 aliphatic rings. The van der Waals surface area contributed by atoms with Crippen molar-refractivity contribution in [3.05, 3.63) is 107 Å². The van der Waals surface area contributed by atoms with Crippen molar-refractivity contribution >= 4 is 17.6 Å².